The first-order valence-corrected chi connectivity index (χ1v) is 9.10. The number of pyridine rings is 1. The lowest BCUT2D eigenvalue weighted by molar-refractivity contribution is 0.350. The van der Waals surface area contributed by atoms with E-state index in [0.29, 0.717) is 11.1 Å². The van der Waals surface area contributed by atoms with Gasteiger partial charge in [-0.1, -0.05) is 12.0 Å². The van der Waals surface area contributed by atoms with E-state index in [9.17, 15) is 0 Å². The highest BCUT2D eigenvalue weighted by molar-refractivity contribution is 6.37. The summed E-state index contributed by atoms with van der Waals surface area (Å²) < 4.78 is 0. The van der Waals surface area contributed by atoms with E-state index in [-0.39, 0.29) is 0 Å². The van der Waals surface area contributed by atoms with E-state index in [2.05, 4.69) is 55.5 Å². The van der Waals surface area contributed by atoms with Gasteiger partial charge in [-0.2, -0.15) is 0 Å². The summed E-state index contributed by atoms with van der Waals surface area (Å²) in [4.78, 5) is 19.2. The second-order valence-electron chi connectivity index (χ2n) is 6.99. The number of H-pyrrole nitrogens is 1. The van der Waals surface area contributed by atoms with Crippen molar-refractivity contribution in [1.29, 1.82) is 0 Å². The van der Waals surface area contributed by atoms with E-state index < -0.39 is 0 Å². The van der Waals surface area contributed by atoms with Crippen LogP contribution in [0.5, 0.6) is 0 Å². The van der Waals surface area contributed by atoms with Crippen molar-refractivity contribution in [3.63, 3.8) is 0 Å². The van der Waals surface area contributed by atoms with Crippen LogP contribution in [0.3, 0.4) is 0 Å². The number of rotatable bonds is 4. The number of aromatic amines is 1. The number of imidazole rings is 1. The van der Waals surface area contributed by atoms with E-state index in [1.54, 1.807) is 6.20 Å². The third-order valence-corrected chi connectivity index (χ3v) is 5.07. The number of aromatic nitrogens is 3. The molecule has 136 valence electrons. The molecule has 4 rings (SSSR count). The van der Waals surface area contributed by atoms with Gasteiger partial charge >= 0.3 is 0 Å². The average molecular weight is 358 g/mol. The SMILES string of the molecule is [B]c1cnc2nc(-c3ccc(N(C)C)cc3)[nH]c2c1N1CCN(C=C)CC1. The standard InChI is InChI=1S/C20H23BN6/c1-4-26-9-11-27(12-10-26)18-16(21)13-22-20-17(18)23-19(24-20)14-5-7-15(8-6-14)25(2)3/h4-8,13H,1,9-12H2,2-3H3,(H,22,23,24). The monoisotopic (exact) mass is 358 g/mol. The fraction of sp³-hybridized carbons (Fsp3) is 0.300. The maximum atomic E-state index is 6.29. The molecule has 1 saturated heterocycles. The molecule has 2 radical (unpaired) electrons. The molecule has 0 amide bonds. The van der Waals surface area contributed by atoms with Crippen LogP contribution in [0.4, 0.5) is 11.4 Å². The van der Waals surface area contributed by atoms with Gasteiger partial charge in [-0.15, -0.1) is 0 Å². The number of fused-ring (bicyclic) bond motifs is 1. The fourth-order valence-corrected chi connectivity index (χ4v) is 3.48. The molecule has 0 aliphatic carbocycles. The molecule has 0 atom stereocenters. The molecule has 3 heterocycles. The second kappa shape index (κ2) is 6.98. The maximum absolute atomic E-state index is 6.29. The third kappa shape index (κ3) is 3.25. The van der Waals surface area contributed by atoms with Crippen LogP contribution in [0, 0.1) is 0 Å². The van der Waals surface area contributed by atoms with Crippen LogP contribution in [0.1, 0.15) is 0 Å². The Morgan fingerprint density at radius 1 is 1.15 bits per heavy atom. The Morgan fingerprint density at radius 2 is 1.85 bits per heavy atom. The lowest BCUT2D eigenvalue weighted by Crippen LogP contribution is -2.45. The zero-order chi connectivity index (χ0) is 19.0. The molecule has 1 aromatic carbocycles. The van der Waals surface area contributed by atoms with Crippen molar-refractivity contribution in [2.75, 3.05) is 50.1 Å². The first kappa shape index (κ1) is 17.5. The summed E-state index contributed by atoms with van der Waals surface area (Å²) in [6.07, 6.45) is 3.60. The number of hydrogen-bond donors (Lipinski definition) is 1. The fourth-order valence-electron chi connectivity index (χ4n) is 3.48. The van der Waals surface area contributed by atoms with Crippen LogP contribution in [0.2, 0.25) is 0 Å². The van der Waals surface area contributed by atoms with E-state index in [4.69, 9.17) is 12.8 Å². The number of benzene rings is 1. The summed E-state index contributed by atoms with van der Waals surface area (Å²) >= 11 is 0. The molecular weight excluding hydrogens is 335 g/mol. The van der Waals surface area contributed by atoms with Gasteiger partial charge in [-0.25, -0.2) is 9.97 Å². The topological polar surface area (TPSA) is 51.3 Å². The summed E-state index contributed by atoms with van der Waals surface area (Å²) in [5, 5.41) is 0. The third-order valence-electron chi connectivity index (χ3n) is 5.07. The Kier molecular flexibility index (Phi) is 4.52. The van der Waals surface area contributed by atoms with Crippen LogP contribution in [-0.4, -0.2) is 68.0 Å². The summed E-state index contributed by atoms with van der Waals surface area (Å²) in [6.45, 7) is 7.50. The normalized spacial score (nSPS) is 14.6. The van der Waals surface area contributed by atoms with E-state index >= 15 is 0 Å². The minimum absolute atomic E-state index is 0.674. The Bertz CT molecular complexity index is 955. The van der Waals surface area contributed by atoms with Crippen molar-refractivity contribution in [3.05, 3.63) is 43.2 Å². The van der Waals surface area contributed by atoms with Crippen LogP contribution >= 0.6 is 0 Å². The average Bonchev–Trinajstić information content (AvgIpc) is 3.12. The molecule has 1 aliphatic heterocycles. The van der Waals surface area contributed by atoms with Crippen LogP contribution in [-0.2, 0) is 0 Å². The highest BCUT2D eigenvalue weighted by atomic mass is 15.3. The van der Waals surface area contributed by atoms with E-state index in [1.807, 2.05) is 20.3 Å². The molecule has 1 aliphatic rings. The molecule has 27 heavy (non-hydrogen) atoms. The second-order valence-corrected chi connectivity index (χ2v) is 6.99. The number of nitrogens with zero attached hydrogens (tertiary/aromatic N) is 5. The Hall–Kier alpha value is -2.96. The van der Waals surface area contributed by atoms with Crippen LogP contribution < -0.4 is 15.3 Å². The summed E-state index contributed by atoms with van der Waals surface area (Å²) in [6, 6.07) is 8.30. The molecule has 0 bridgehead atoms. The smallest absolute Gasteiger partial charge is 0.180 e. The molecule has 7 heteroatoms. The maximum Gasteiger partial charge on any atom is 0.180 e. The van der Waals surface area contributed by atoms with E-state index in [1.165, 1.54) is 0 Å². The molecule has 0 unspecified atom stereocenters. The lowest BCUT2D eigenvalue weighted by Gasteiger charge is -2.36. The first-order chi connectivity index (χ1) is 13.1. The summed E-state index contributed by atoms with van der Waals surface area (Å²) in [5.74, 6) is 0.805. The van der Waals surface area contributed by atoms with Gasteiger partial charge in [0.1, 0.15) is 19.2 Å². The Balaban J connectivity index is 1.71. The quantitative estimate of drug-likeness (QED) is 0.721. The number of nitrogens with one attached hydrogen (secondary N) is 1. The molecule has 1 N–H and O–H groups in total. The van der Waals surface area contributed by atoms with Gasteiger partial charge in [0, 0.05) is 57.7 Å². The first-order valence-electron chi connectivity index (χ1n) is 9.10. The van der Waals surface area contributed by atoms with Gasteiger partial charge in [0.2, 0.25) is 0 Å². The lowest BCUT2D eigenvalue weighted by atomic mass is 9.95. The Labute approximate surface area is 160 Å². The van der Waals surface area contributed by atoms with Crippen molar-refractivity contribution >= 4 is 35.8 Å². The predicted molar refractivity (Wildman–Crippen MR) is 113 cm³/mol. The highest BCUT2D eigenvalue weighted by Gasteiger charge is 2.20. The number of anilines is 2. The van der Waals surface area contributed by atoms with E-state index in [0.717, 1.165) is 54.5 Å². The molecular formula is C20H23BN6. The van der Waals surface area contributed by atoms with Crippen LogP contribution in [0.25, 0.3) is 22.6 Å². The van der Waals surface area contributed by atoms with Crippen molar-refractivity contribution in [1.82, 2.24) is 19.9 Å². The van der Waals surface area contributed by atoms with Gasteiger partial charge in [-0.3, -0.25) is 0 Å². The molecule has 1 fully saturated rings. The Morgan fingerprint density at radius 3 is 2.48 bits per heavy atom. The van der Waals surface area contributed by atoms with Gasteiger partial charge in [0.05, 0.1) is 5.69 Å². The molecule has 2 aromatic heterocycles. The number of hydrogen-bond acceptors (Lipinski definition) is 5. The zero-order valence-electron chi connectivity index (χ0n) is 15.8. The molecule has 3 aromatic rings. The van der Waals surface area contributed by atoms with Gasteiger partial charge in [0.15, 0.2) is 5.65 Å². The largest absolute Gasteiger partial charge is 0.378 e. The summed E-state index contributed by atoms with van der Waals surface area (Å²) in [7, 11) is 10.4. The minimum atomic E-state index is 0.674. The highest BCUT2D eigenvalue weighted by Crippen LogP contribution is 2.27. The van der Waals surface area contributed by atoms with Gasteiger partial charge < -0.3 is 19.7 Å². The van der Waals surface area contributed by atoms with Gasteiger partial charge in [-0.05, 0) is 30.5 Å². The predicted octanol–water partition coefficient (Wildman–Crippen LogP) is 1.75. The van der Waals surface area contributed by atoms with Gasteiger partial charge in [0.25, 0.3) is 0 Å². The molecule has 0 saturated carbocycles. The molecule has 6 nitrogen and oxygen atoms in total. The van der Waals surface area contributed by atoms with Crippen molar-refractivity contribution in [2.45, 2.75) is 0 Å². The van der Waals surface area contributed by atoms with Crippen molar-refractivity contribution in [2.24, 2.45) is 0 Å². The van der Waals surface area contributed by atoms with Crippen molar-refractivity contribution in [3.8, 4) is 11.4 Å². The summed E-state index contributed by atoms with van der Waals surface area (Å²) in [5.41, 5.74) is 5.43. The molecule has 0 spiro atoms. The van der Waals surface area contributed by atoms with Crippen molar-refractivity contribution < 1.29 is 0 Å². The minimum Gasteiger partial charge on any atom is -0.378 e. The zero-order valence-corrected chi connectivity index (χ0v) is 15.8. The van der Waals surface area contributed by atoms with Crippen LogP contribution in [0.15, 0.2) is 43.2 Å². The number of piperazine rings is 1.